The third-order valence-corrected chi connectivity index (χ3v) is 3.09. The summed E-state index contributed by atoms with van der Waals surface area (Å²) in [5, 5.41) is 13.1. The first kappa shape index (κ1) is 13.6. The van der Waals surface area contributed by atoms with Crippen molar-refractivity contribution in [3.63, 3.8) is 0 Å². The summed E-state index contributed by atoms with van der Waals surface area (Å²) in [4.78, 5) is 27.7. The van der Waals surface area contributed by atoms with E-state index in [1.54, 1.807) is 12.4 Å². The Labute approximate surface area is 103 Å². The zero-order valence-corrected chi connectivity index (χ0v) is 10.6. The highest BCUT2D eigenvalue weighted by Crippen LogP contribution is 2.11. The van der Waals surface area contributed by atoms with Gasteiger partial charge in [-0.1, -0.05) is 6.92 Å². The number of thiazole rings is 1. The molecule has 1 amide bonds. The second-order valence-electron chi connectivity index (χ2n) is 3.43. The minimum Gasteiger partial charge on any atom is -0.476 e. The zero-order valence-electron chi connectivity index (χ0n) is 9.77. The number of carbonyl (C=O) groups is 2. The minimum atomic E-state index is -1.02. The van der Waals surface area contributed by atoms with Crippen molar-refractivity contribution in [3.8, 4) is 0 Å². The predicted molar refractivity (Wildman–Crippen MR) is 64.1 cm³/mol. The number of rotatable bonds is 6. The van der Waals surface area contributed by atoms with Gasteiger partial charge in [-0.25, -0.2) is 9.78 Å². The van der Waals surface area contributed by atoms with Crippen molar-refractivity contribution in [1.82, 2.24) is 15.2 Å². The molecule has 0 aliphatic rings. The summed E-state index contributed by atoms with van der Waals surface area (Å²) in [6, 6.07) is 0. The van der Waals surface area contributed by atoms with E-state index in [-0.39, 0.29) is 17.5 Å². The van der Waals surface area contributed by atoms with Crippen molar-refractivity contribution in [1.29, 1.82) is 0 Å². The lowest BCUT2D eigenvalue weighted by molar-refractivity contribution is -0.121. The van der Waals surface area contributed by atoms with Crippen LogP contribution in [-0.2, 0) is 11.3 Å². The van der Waals surface area contributed by atoms with E-state index >= 15 is 0 Å². The van der Waals surface area contributed by atoms with Crippen molar-refractivity contribution in [2.24, 2.45) is 0 Å². The molecule has 17 heavy (non-hydrogen) atoms. The van der Waals surface area contributed by atoms with Gasteiger partial charge in [0.2, 0.25) is 10.9 Å². The van der Waals surface area contributed by atoms with Crippen LogP contribution in [0.3, 0.4) is 0 Å². The van der Waals surface area contributed by atoms with Crippen LogP contribution in [0.5, 0.6) is 0 Å². The summed E-state index contributed by atoms with van der Waals surface area (Å²) in [6.07, 6.45) is 0. The van der Waals surface area contributed by atoms with Gasteiger partial charge in [0.05, 0.1) is 12.2 Å². The van der Waals surface area contributed by atoms with Crippen molar-refractivity contribution in [2.75, 3.05) is 20.1 Å². The van der Waals surface area contributed by atoms with Crippen LogP contribution in [0, 0.1) is 0 Å². The van der Waals surface area contributed by atoms with Gasteiger partial charge in [-0.3, -0.25) is 9.69 Å². The molecule has 1 aromatic heterocycles. The molecule has 0 saturated carbocycles. The lowest BCUT2D eigenvalue weighted by atomic mass is 10.4. The van der Waals surface area contributed by atoms with Crippen molar-refractivity contribution >= 4 is 23.2 Å². The van der Waals surface area contributed by atoms with Crippen molar-refractivity contribution in [3.05, 3.63) is 16.1 Å². The molecule has 1 heterocycles. The Morgan fingerprint density at radius 3 is 2.76 bits per heavy atom. The van der Waals surface area contributed by atoms with E-state index in [2.05, 4.69) is 10.3 Å². The van der Waals surface area contributed by atoms with Gasteiger partial charge in [-0.2, -0.15) is 0 Å². The van der Waals surface area contributed by atoms with Gasteiger partial charge in [-0.15, -0.1) is 11.3 Å². The molecule has 0 aliphatic heterocycles. The highest BCUT2D eigenvalue weighted by molar-refractivity contribution is 7.11. The van der Waals surface area contributed by atoms with Gasteiger partial charge in [-0.05, 0) is 6.54 Å². The van der Waals surface area contributed by atoms with E-state index in [0.717, 1.165) is 11.3 Å². The summed E-state index contributed by atoms with van der Waals surface area (Å²) in [5.74, 6) is -1.09. The fourth-order valence-corrected chi connectivity index (χ4v) is 1.91. The molecule has 0 spiro atoms. The molecule has 1 rings (SSSR count). The molecule has 2 N–H and O–H groups in total. The molecule has 0 unspecified atom stereocenters. The molecule has 0 saturated heterocycles. The Bertz CT molecular complexity index is 405. The second kappa shape index (κ2) is 6.31. The second-order valence-corrected chi connectivity index (χ2v) is 4.28. The Morgan fingerprint density at radius 1 is 1.59 bits per heavy atom. The summed E-state index contributed by atoms with van der Waals surface area (Å²) < 4.78 is 0. The number of likely N-dealkylation sites (N-methyl/N-ethyl adjacent to an activating group) is 2. The SMILES string of the molecule is CCN(CC(=O)NC)Cc1csc(C(=O)O)n1. The molecule has 7 heteroatoms. The average molecular weight is 257 g/mol. The van der Waals surface area contributed by atoms with E-state index < -0.39 is 5.97 Å². The van der Waals surface area contributed by atoms with E-state index in [9.17, 15) is 9.59 Å². The van der Waals surface area contributed by atoms with Crippen LogP contribution < -0.4 is 5.32 Å². The van der Waals surface area contributed by atoms with Gasteiger partial charge < -0.3 is 10.4 Å². The van der Waals surface area contributed by atoms with Crippen molar-refractivity contribution in [2.45, 2.75) is 13.5 Å². The quantitative estimate of drug-likeness (QED) is 0.771. The van der Waals surface area contributed by atoms with Gasteiger partial charge in [0.25, 0.3) is 0 Å². The fraction of sp³-hybridized carbons (Fsp3) is 0.500. The number of aromatic carboxylic acids is 1. The van der Waals surface area contributed by atoms with E-state index in [4.69, 9.17) is 5.11 Å². The molecule has 1 aromatic rings. The summed E-state index contributed by atoms with van der Waals surface area (Å²) >= 11 is 1.10. The lowest BCUT2D eigenvalue weighted by Crippen LogP contribution is -2.35. The molecule has 0 radical (unpaired) electrons. The van der Waals surface area contributed by atoms with Gasteiger partial charge >= 0.3 is 5.97 Å². The molecule has 94 valence electrons. The standard InChI is InChI=1S/C10H15N3O3S/c1-3-13(5-8(14)11-2)4-7-6-17-9(12-7)10(15)16/h6H,3-5H2,1-2H3,(H,11,14)(H,15,16). The number of amides is 1. The average Bonchev–Trinajstić information content (AvgIpc) is 2.76. The number of hydrogen-bond acceptors (Lipinski definition) is 5. The van der Waals surface area contributed by atoms with Crippen LogP contribution in [-0.4, -0.2) is 47.0 Å². The molecule has 0 bridgehead atoms. The minimum absolute atomic E-state index is 0.0689. The zero-order chi connectivity index (χ0) is 12.8. The van der Waals surface area contributed by atoms with Crippen LogP contribution in [0.4, 0.5) is 0 Å². The van der Waals surface area contributed by atoms with Crippen LogP contribution in [0.25, 0.3) is 0 Å². The smallest absolute Gasteiger partial charge is 0.365 e. The maximum Gasteiger partial charge on any atom is 0.365 e. The third kappa shape index (κ3) is 4.12. The predicted octanol–water partition coefficient (Wildman–Crippen LogP) is 0.409. The monoisotopic (exact) mass is 257 g/mol. The van der Waals surface area contributed by atoms with Gasteiger partial charge in [0.1, 0.15) is 0 Å². The normalized spacial score (nSPS) is 10.5. The van der Waals surface area contributed by atoms with Crippen LogP contribution in [0.15, 0.2) is 5.38 Å². The number of carbonyl (C=O) groups excluding carboxylic acids is 1. The lowest BCUT2D eigenvalue weighted by Gasteiger charge is -2.17. The Hall–Kier alpha value is -1.47. The van der Waals surface area contributed by atoms with Crippen LogP contribution in [0.2, 0.25) is 0 Å². The number of hydrogen-bond donors (Lipinski definition) is 2. The molecule has 6 nitrogen and oxygen atoms in total. The summed E-state index contributed by atoms with van der Waals surface area (Å²) in [7, 11) is 1.58. The maximum atomic E-state index is 11.2. The Morgan fingerprint density at radius 2 is 2.29 bits per heavy atom. The summed E-state index contributed by atoms with van der Waals surface area (Å²) in [6.45, 7) is 3.40. The van der Waals surface area contributed by atoms with Crippen LogP contribution in [0.1, 0.15) is 22.4 Å². The first-order valence-electron chi connectivity index (χ1n) is 5.17. The molecular weight excluding hydrogens is 242 g/mol. The van der Waals surface area contributed by atoms with Crippen molar-refractivity contribution < 1.29 is 14.7 Å². The number of aromatic nitrogens is 1. The molecular formula is C10H15N3O3S. The molecule has 0 aliphatic carbocycles. The number of nitrogens with zero attached hydrogens (tertiary/aromatic N) is 2. The highest BCUT2D eigenvalue weighted by Gasteiger charge is 2.13. The van der Waals surface area contributed by atoms with E-state index in [1.807, 2.05) is 11.8 Å². The van der Waals surface area contributed by atoms with Gasteiger partial charge in [0.15, 0.2) is 0 Å². The Balaban J connectivity index is 2.60. The number of nitrogens with one attached hydrogen (secondary N) is 1. The van der Waals surface area contributed by atoms with Crippen LogP contribution >= 0.6 is 11.3 Å². The Kier molecular flexibility index (Phi) is 5.05. The first-order chi connectivity index (χ1) is 8.06. The molecule has 0 atom stereocenters. The number of carboxylic acid groups (broad SMARTS) is 1. The molecule has 0 fully saturated rings. The fourth-order valence-electron chi connectivity index (χ4n) is 1.27. The maximum absolute atomic E-state index is 11.2. The first-order valence-corrected chi connectivity index (χ1v) is 6.05. The van der Waals surface area contributed by atoms with E-state index in [1.165, 1.54) is 0 Å². The highest BCUT2D eigenvalue weighted by atomic mass is 32.1. The number of carboxylic acids is 1. The van der Waals surface area contributed by atoms with Gasteiger partial charge in [0, 0.05) is 19.0 Å². The topological polar surface area (TPSA) is 82.5 Å². The summed E-state index contributed by atoms with van der Waals surface area (Å²) in [5.41, 5.74) is 0.679. The third-order valence-electron chi connectivity index (χ3n) is 2.21. The largest absolute Gasteiger partial charge is 0.476 e. The van der Waals surface area contributed by atoms with E-state index in [0.29, 0.717) is 18.8 Å². The molecule has 0 aromatic carbocycles.